The maximum absolute atomic E-state index is 13.4. The molecule has 12 heteroatoms. The zero-order valence-electron chi connectivity index (χ0n) is 23.9. The molecule has 3 aromatic rings. The van der Waals surface area contributed by atoms with Gasteiger partial charge in [0, 0.05) is 19.0 Å². The Kier molecular flexibility index (Phi) is 10.9. The Balaban J connectivity index is 1.55. The normalized spacial score (nSPS) is 17.0. The number of hydrogen-bond donors (Lipinski definition) is 1. The zero-order valence-corrected chi connectivity index (χ0v) is 25.4. The number of rotatable bonds is 10. The summed E-state index contributed by atoms with van der Waals surface area (Å²) in [6.45, 7) is 1.84. The van der Waals surface area contributed by atoms with E-state index in [0.29, 0.717) is 54.7 Å². The number of piperidine rings is 1. The Morgan fingerprint density at radius 3 is 2.07 bits per heavy atom. The van der Waals surface area contributed by atoms with Gasteiger partial charge in [0.2, 0.25) is 0 Å². The largest absolute Gasteiger partial charge is 0.416 e. The Labute approximate surface area is 262 Å². The van der Waals surface area contributed by atoms with Crippen LogP contribution in [0.3, 0.4) is 0 Å². The molecule has 0 bridgehead atoms. The first kappa shape index (κ1) is 34.1. The van der Waals surface area contributed by atoms with Crippen LogP contribution >= 0.6 is 23.2 Å². The van der Waals surface area contributed by atoms with Crippen LogP contribution in [0.25, 0.3) is 0 Å². The van der Waals surface area contributed by atoms with Gasteiger partial charge in [0.05, 0.1) is 32.5 Å². The van der Waals surface area contributed by atoms with Crippen molar-refractivity contribution in [1.29, 1.82) is 0 Å². The summed E-state index contributed by atoms with van der Waals surface area (Å²) in [6.07, 6.45) is -8.42. The molecule has 1 heterocycles. The fourth-order valence-electron chi connectivity index (χ4n) is 5.59. The van der Waals surface area contributed by atoms with E-state index < -0.39 is 35.0 Å². The van der Waals surface area contributed by atoms with Gasteiger partial charge in [0.15, 0.2) is 0 Å². The molecule has 3 aromatic carbocycles. The number of nitrogens with zero attached hydrogens (tertiary/aromatic N) is 2. The highest BCUT2D eigenvalue weighted by Gasteiger charge is 2.37. The summed E-state index contributed by atoms with van der Waals surface area (Å²) in [4.78, 5) is 7.30. The van der Waals surface area contributed by atoms with Gasteiger partial charge >= 0.3 is 12.4 Å². The summed E-state index contributed by atoms with van der Waals surface area (Å²) < 4.78 is 80.7. The molecule has 1 aliphatic heterocycles. The summed E-state index contributed by atoms with van der Waals surface area (Å²) in [6, 6.07) is 16.1. The maximum Gasteiger partial charge on any atom is 0.416 e. The highest BCUT2D eigenvalue weighted by Crippen LogP contribution is 2.38. The molecule has 44 heavy (non-hydrogen) atoms. The van der Waals surface area contributed by atoms with Crippen molar-refractivity contribution < 1.29 is 36.3 Å². The summed E-state index contributed by atoms with van der Waals surface area (Å²) in [5.74, 6) is -0.424. The van der Waals surface area contributed by atoms with E-state index in [2.05, 4.69) is 10.1 Å². The second-order valence-corrected chi connectivity index (χ2v) is 11.7. The quantitative estimate of drug-likeness (QED) is 0.134. The van der Waals surface area contributed by atoms with Crippen LogP contribution in [0.2, 0.25) is 10.0 Å². The van der Waals surface area contributed by atoms with Gasteiger partial charge in [-0.25, -0.2) is 0 Å². The molecular formula is C32H32Cl2F6N2O2. The van der Waals surface area contributed by atoms with Crippen LogP contribution in [0.4, 0.5) is 26.3 Å². The van der Waals surface area contributed by atoms with E-state index in [9.17, 15) is 31.4 Å². The summed E-state index contributed by atoms with van der Waals surface area (Å²) >= 11 is 12.5. The van der Waals surface area contributed by atoms with Gasteiger partial charge in [-0.1, -0.05) is 64.8 Å². The van der Waals surface area contributed by atoms with Gasteiger partial charge in [0.25, 0.3) is 0 Å². The lowest BCUT2D eigenvalue weighted by Gasteiger charge is -2.39. The van der Waals surface area contributed by atoms with Crippen molar-refractivity contribution in [3.8, 4) is 0 Å². The Morgan fingerprint density at radius 1 is 0.909 bits per heavy atom. The molecule has 0 saturated carbocycles. The minimum absolute atomic E-state index is 0.0329. The summed E-state index contributed by atoms with van der Waals surface area (Å²) in [5.41, 5.74) is -1.75. The number of hydrogen-bond acceptors (Lipinski definition) is 4. The van der Waals surface area contributed by atoms with E-state index in [4.69, 9.17) is 28.0 Å². The number of benzene rings is 3. The topological polar surface area (TPSA) is 45.1 Å². The minimum Gasteiger partial charge on any atom is -0.399 e. The van der Waals surface area contributed by atoms with Crippen LogP contribution in [0.5, 0.6) is 0 Å². The molecule has 0 aromatic heterocycles. The molecule has 0 amide bonds. The second kappa shape index (κ2) is 14.1. The van der Waals surface area contributed by atoms with Gasteiger partial charge in [-0.15, -0.1) is 0 Å². The molecule has 1 saturated heterocycles. The number of aliphatic hydroxyl groups is 1. The Morgan fingerprint density at radius 2 is 1.52 bits per heavy atom. The molecular weight excluding hydrogens is 629 g/mol. The van der Waals surface area contributed by atoms with E-state index in [0.717, 1.165) is 23.3 Å². The van der Waals surface area contributed by atoms with Crippen molar-refractivity contribution in [1.82, 2.24) is 4.90 Å². The van der Waals surface area contributed by atoms with Crippen molar-refractivity contribution in [3.63, 3.8) is 0 Å². The predicted octanol–water partition coefficient (Wildman–Crippen LogP) is 9.12. The van der Waals surface area contributed by atoms with Crippen LogP contribution in [0, 0.1) is 0 Å². The van der Waals surface area contributed by atoms with Crippen LogP contribution in [-0.4, -0.2) is 42.5 Å². The average Bonchev–Trinajstić information content (AvgIpc) is 2.98. The minimum atomic E-state index is -4.94. The third-order valence-electron chi connectivity index (χ3n) is 8.00. The lowest BCUT2D eigenvalue weighted by Crippen LogP contribution is -2.43. The molecule has 1 fully saturated rings. The second-order valence-electron chi connectivity index (χ2n) is 10.9. The highest BCUT2D eigenvalue weighted by molar-refractivity contribution is 6.42. The molecule has 0 spiro atoms. The summed E-state index contributed by atoms with van der Waals surface area (Å²) in [5, 5.41) is 16.0. The Bertz CT molecular complexity index is 1410. The highest BCUT2D eigenvalue weighted by atomic mass is 35.5. The zero-order chi connectivity index (χ0) is 32.1. The third kappa shape index (κ3) is 8.68. The number of alkyl halides is 6. The van der Waals surface area contributed by atoms with Crippen LogP contribution in [-0.2, 0) is 29.2 Å². The SMILES string of the molecule is CO/N=C(\CCc1cc(C(F)(F)F)cc(C(F)(F)F)c1)C(CCN1CCC(O)(c2ccccc2)CC1)c1ccc(Cl)c(Cl)c1. The lowest BCUT2D eigenvalue weighted by molar-refractivity contribution is -0.143. The van der Waals surface area contributed by atoms with Gasteiger partial charge in [-0.05, 0) is 85.7 Å². The van der Waals surface area contributed by atoms with Crippen LogP contribution < -0.4 is 0 Å². The van der Waals surface area contributed by atoms with Gasteiger partial charge < -0.3 is 14.8 Å². The molecule has 1 N–H and O–H groups in total. The van der Waals surface area contributed by atoms with Crippen LogP contribution in [0.1, 0.15) is 59.4 Å². The smallest absolute Gasteiger partial charge is 0.399 e. The molecule has 4 nitrogen and oxygen atoms in total. The van der Waals surface area contributed by atoms with Crippen molar-refractivity contribution in [2.24, 2.45) is 5.16 Å². The molecule has 1 unspecified atom stereocenters. The van der Waals surface area contributed by atoms with E-state index in [1.165, 1.54) is 7.11 Å². The number of oxime groups is 1. The van der Waals surface area contributed by atoms with E-state index in [-0.39, 0.29) is 24.5 Å². The third-order valence-corrected chi connectivity index (χ3v) is 8.74. The first-order valence-corrected chi connectivity index (χ1v) is 14.8. The van der Waals surface area contributed by atoms with Crippen molar-refractivity contribution in [3.05, 3.63) is 105 Å². The van der Waals surface area contributed by atoms with E-state index in [1.54, 1.807) is 18.2 Å². The van der Waals surface area contributed by atoms with Gasteiger partial charge in [-0.3, -0.25) is 0 Å². The maximum atomic E-state index is 13.4. The molecule has 0 aliphatic carbocycles. The van der Waals surface area contributed by atoms with E-state index >= 15 is 0 Å². The standard InChI is InChI=1S/C32H32Cl2F6N2O2/c1-44-41-29(10-7-21-17-24(31(35,36)37)20-25(18-21)32(38,39)40)26(22-8-9-27(33)28(34)19-22)11-14-42-15-12-30(43,13-16-42)23-5-3-2-4-6-23/h2-6,8-9,17-20,26,43H,7,10-16H2,1H3/b41-29+. The summed E-state index contributed by atoms with van der Waals surface area (Å²) in [7, 11) is 1.33. The van der Waals surface area contributed by atoms with Crippen molar-refractivity contribution in [2.75, 3.05) is 26.7 Å². The fourth-order valence-corrected chi connectivity index (χ4v) is 5.89. The lowest BCUT2D eigenvalue weighted by atomic mass is 9.84. The number of aryl methyl sites for hydroxylation is 1. The van der Waals surface area contributed by atoms with Crippen molar-refractivity contribution in [2.45, 2.75) is 56.0 Å². The number of halogens is 8. The average molecular weight is 662 g/mol. The fraction of sp³-hybridized carbons (Fsp3) is 0.406. The molecule has 0 radical (unpaired) electrons. The van der Waals surface area contributed by atoms with Crippen LogP contribution in [0.15, 0.2) is 71.9 Å². The van der Waals surface area contributed by atoms with Crippen molar-refractivity contribution >= 4 is 28.9 Å². The molecule has 4 rings (SSSR count). The first-order valence-electron chi connectivity index (χ1n) is 14.0. The van der Waals surface area contributed by atoms with E-state index in [1.807, 2.05) is 30.3 Å². The first-order chi connectivity index (χ1) is 20.7. The van der Waals surface area contributed by atoms with Gasteiger partial charge in [-0.2, -0.15) is 26.3 Å². The predicted molar refractivity (Wildman–Crippen MR) is 159 cm³/mol. The molecule has 1 atom stereocenters. The molecule has 1 aliphatic rings. The molecule has 238 valence electrons. The number of likely N-dealkylation sites (tertiary alicyclic amines) is 1. The van der Waals surface area contributed by atoms with Gasteiger partial charge in [0.1, 0.15) is 7.11 Å². The monoisotopic (exact) mass is 660 g/mol. The Hall–Kier alpha value is -2.79.